The van der Waals surface area contributed by atoms with Crippen LogP contribution in [0.2, 0.25) is 0 Å². The minimum absolute atomic E-state index is 0.111. The predicted octanol–water partition coefficient (Wildman–Crippen LogP) is 3.06. The van der Waals surface area contributed by atoms with Gasteiger partial charge in [-0.3, -0.25) is 4.79 Å². The fourth-order valence-electron chi connectivity index (χ4n) is 2.49. The van der Waals surface area contributed by atoms with E-state index in [0.717, 1.165) is 5.57 Å². The van der Waals surface area contributed by atoms with Crippen LogP contribution < -0.4 is 0 Å². The van der Waals surface area contributed by atoms with Crippen molar-refractivity contribution in [2.24, 2.45) is 11.3 Å². The number of carbonyl (C=O) groups is 2. The lowest BCUT2D eigenvalue weighted by atomic mass is 9.68. The Bertz CT molecular complexity index is 413. The second-order valence-electron chi connectivity index (χ2n) is 5.57. The van der Waals surface area contributed by atoms with Crippen LogP contribution >= 0.6 is 0 Å². The van der Waals surface area contributed by atoms with Crippen molar-refractivity contribution in [3.8, 4) is 0 Å². The number of esters is 1. The summed E-state index contributed by atoms with van der Waals surface area (Å²) in [6.45, 7) is 9.99. The minimum Gasteiger partial charge on any atom is -0.463 e. The summed E-state index contributed by atoms with van der Waals surface area (Å²) < 4.78 is 4.98. The number of hydrogen-bond donors (Lipinski definition) is 0. The van der Waals surface area contributed by atoms with E-state index in [1.54, 1.807) is 19.9 Å². The van der Waals surface area contributed by atoms with Crippen molar-refractivity contribution in [3.05, 3.63) is 23.3 Å². The van der Waals surface area contributed by atoms with Gasteiger partial charge in [0.2, 0.25) is 0 Å². The Labute approximate surface area is 109 Å². The van der Waals surface area contributed by atoms with E-state index in [1.807, 2.05) is 13.0 Å². The van der Waals surface area contributed by atoms with E-state index < -0.39 is 0 Å². The molecule has 0 aromatic rings. The third kappa shape index (κ3) is 3.31. The Morgan fingerprint density at radius 2 is 2.17 bits per heavy atom. The van der Waals surface area contributed by atoms with Crippen molar-refractivity contribution in [1.82, 2.24) is 0 Å². The van der Waals surface area contributed by atoms with Gasteiger partial charge in [0.05, 0.1) is 6.61 Å². The predicted molar refractivity (Wildman–Crippen MR) is 71.0 cm³/mol. The molecule has 0 fully saturated rings. The lowest BCUT2D eigenvalue weighted by molar-refractivity contribution is -0.138. The summed E-state index contributed by atoms with van der Waals surface area (Å²) >= 11 is 0. The second kappa shape index (κ2) is 5.51. The highest BCUT2D eigenvalue weighted by atomic mass is 16.5. The van der Waals surface area contributed by atoms with E-state index in [1.165, 1.54) is 0 Å². The average molecular weight is 250 g/mol. The van der Waals surface area contributed by atoms with Crippen LogP contribution in [-0.2, 0) is 14.3 Å². The largest absolute Gasteiger partial charge is 0.463 e. The van der Waals surface area contributed by atoms with E-state index in [-0.39, 0.29) is 23.1 Å². The van der Waals surface area contributed by atoms with Gasteiger partial charge in [0, 0.05) is 17.9 Å². The first-order chi connectivity index (χ1) is 8.27. The van der Waals surface area contributed by atoms with Gasteiger partial charge in [0.1, 0.15) is 0 Å². The number of hydrogen-bond acceptors (Lipinski definition) is 3. The zero-order chi connectivity index (χ0) is 13.9. The Morgan fingerprint density at radius 3 is 2.67 bits per heavy atom. The molecule has 0 spiro atoms. The highest BCUT2D eigenvalue weighted by Crippen LogP contribution is 2.40. The first-order valence-corrected chi connectivity index (χ1v) is 6.34. The maximum absolute atomic E-state index is 11.6. The van der Waals surface area contributed by atoms with Gasteiger partial charge < -0.3 is 4.74 Å². The molecule has 100 valence electrons. The number of ketones is 1. The van der Waals surface area contributed by atoms with Crippen LogP contribution in [0.25, 0.3) is 0 Å². The number of allylic oxidation sites excluding steroid dienone is 3. The van der Waals surface area contributed by atoms with Crippen molar-refractivity contribution in [1.29, 1.82) is 0 Å². The normalized spacial score (nSPS) is 23.6. The second-order valence-corrected chi connectivity index (χ2v) is 5.57. The monoisotopic (exact) mass is 250 g/mol. The Hall–Kier alpha value is -1.38. The first-order valence-electron chi connectivity index (χ1n) is 6.34. The van der Waals surface area contributed by atoms with Gasteiger partial charge in [0.15, 0.2) is 5.78 Å². The molecule has 1 atom stereocenters. The van der Waals surface area contributed by atoms with Crippen molar-refractivity contribution in [2.75, 3.05) is 6.61 Å². The molecule has 0 saturated carbocycles. The molecule has 0 aromatic carbocycles. The summed E-state index contributed by atoms with van der Waals surface area (Å²) in [6.07, 6.45) is 4.13. The van der Waals surface area contributed by atoms with Crippen molar-refractivity contribution in [2.45, 2.75) is 41.0 Å². The van der Waals surface area contributed by atoms with Gasteiger partial charge in [-0.25, -0.2) is 4.79 Å². The van der Waals surface area contributed by atoms with Crippen molar-refractivity contribution >= 4 is 11.8 Å². The van der Waals surface area contributed by atoms with Crippen molar-refractivity contribution < 1.29 is 14.3 Å². The average Bonchev–Trinajstić information content (AvgIpc) is 2.22. The smallest absolute Gasteiger partial charge is 0.333 e. The van der Waals surface area contributed by atoms with E-state index in [0.29, 0.717) is 18.6 Å². The number of carbonyl (C=O) groups excluding carboxylic acids is 2. The summed E-state index contributed by atoms with van der Waals surface area (Å²) in [4.78, 5) is 23.2. The van der Waals surface area contributed by atoms with Crippen LogP contribution in [0, 0.1) is 11.3 Å². The zero-order valence-electron chi connectivity index (χ0n) is 11.9. The molecule has 1 aliphatic rings. The van der Waals surface area contributed by atoms with Gasteiger partial charge in [0.25, 0.3) is 0 Å². The van der Waals surface area contributed by atoms with Gasteiger partial charge in [-0.2, -0.15) is 0 Å². The Kier molecular flexibility index (Phi) is 4.49. The lowest BCUT2D eigenvalue weighted by Gasteiger charge is -2.36. The lowest BCUT2D eigenvalue weighted by Crippen LogP contribution is -2.31. The van der Waals surface area contributed by atoms with Crippen molar-refractivity contribution in [3.63, 3.8) is 0 Å². The van der Waals surface area contributed by atoms with Crippen LogP contribution in [0.15, 0.2) is 23.3 Å². The molecular formula is C15H22O3. The molecule has 0 N–H and O–H groups in total. The van der Waals surface area contributed by atoms with Gasteiger partial charge in [-0.05, 0) is 32.3 Å². The fourth-order valence-corrected chi connectivity index (χ4v) is 2.49. The number of rotatable bonds is 3. The summed E-state index contributed by atoms with van der Waals surface area (Å²) in [7, 11) is 0. The van der Waals surface area contributed by atoms with Gasteiger partial charge >= 0.3 is 5.97 Å². The fraction of sp³-hybridized carbons (Fsp3) is 0.600. The summed E-state index contributed by atoms with van der Waals surface area (Å²) in [5.74, 6) is -0.00598. The van der Waals surface area contributed by atoms with Gasteiger partial charge in [-0.15, -0.1) is 0 Å². The van der Waals surface area contributed by atoms with E-state index >= 15 is 0 Å². The summed E-state index contributed by atoms with van der Waals surface area (Å²) in [6, 6.07) is 0. The van der Waals surface area contributed by atoms with E-state index in [9.17, 15) is 9.59 Å². The zero-order valence-corrected chi connectivity index (χ0v) is 11.9. The van der Waals surface area contributed by atoms with E-state index in [4.69, 9.17) is 4.74 Å². The third-order valence-corrected chi connectivity index (χ3v) is 3.37. The maximum atomic E-state index is 11.6. The highest BCUT2D eigenvalue weighted by Gasteiger charge is 2.35. The number of ether oxygens (including phenoxy) is 1. The Morgan fingerprint density at radius 1 is 1.56 bits per heavy atom. The molecule has 0 heterocycles. The van der Waals surface area contributed by atoms with Crippen LogP contribution in [-0.4, -0.2) is 18.4 Å². The highest BCUT2D eigenvalue weighted by molar-refractivity contribution is 5.92. The molecule has 1 aliphatic carbocycles. The molecule has 0 saturated heterocycles. The van der Waals surface area contributed by atoms with E-state index in [2.05, 4.69) is 13.8 Å². The molecule has 1 unspecified atom stereocenters. The first kappa shape index (κ1) is 14.7. The maximum Gasteiger partial charge on any atom is 0.333 e. The molecule has 0 aliphatic heterocycles. The standard InChI is InChI=1S/C15H22O3/c1-6-18-14(17)11(3)8-13-10(2)7-12(16)9-15(13,4)5/h7-8,13H,6,9H2,1-5H3/b11-8+. The molecule has 0 bridgehead atoms. The van der Waals surface area contributed by atoms with Crippen LogP contribution in [0.3, 0.4) is 0 Å². The third-order valence-electron chi connectivity index (χ3n) is 3.37. The summed E-state index contributed by atoms with van der Waals surface area (Å²) in [5.41, 5.74) is 1.47. The molecule has 0 amide bonds. The summed E-state index contributed by atoms with van der Waals surface area (Å²) in [5, 5.41) is 0. The quantitative estimate of drug-likeness (QED) is 0.571. The molecular weight excluding hydrogens is 228 g/mol. The topological polar surface area (TPSA) is 43.4 Å². The minimum atomic E-state index is -0.280. The van der Waals surface area contributed by atoms with Crippen LogP contribution in [0.1, 0.15) is 41.0 Å². The molecule has 18 heavy (non-hydrogen) atoms. The molecule has 1 rings (SSSR count). The molecule has 3 heteroatoms. The Balaban J connectivity index is 3.00. The van der Waals surface area contributed by atoms with Crippen LogP contribution in [0.4, 0.5) is 0 Å². The SMILES string of the molecule is CCOC(=O)/C(C)=C/C1C(C)=CC(=O)CC1(C)C. The molecule has 0 aromatic heterocycles. The van der Waals surface area contributed by atoms with Crippen LogP contribution in [0.5, 0.6) is 0 Å². The van der Waals surface area contributed by atoms with Gasteiger partial charge in [-0.1, -0.05) is 25.5 Å². The molecule has 0 radical (unpaired) electrons. The molecule has 3 nitrogen and oxygen atoms in total.